The van der Waals surface area contributed by atoms with Crippen LogP contribution in [-0.2, 0) is 0 Å². The zero-order valence-electron chi connectivity index (χ0n) is 11.6. The Morgan fingerprint density at radius 1 is 1.32 bits per heavy atom. The number of rotatable bonds is 5. The maximum atomic E-state index is 12.8. The Morgan fingerprint density at radius 2 is 2.05 bits per heavy atom. The number of nitrogens with zero attached hydrogens (tertiary/aromatic N) is 3. The number of hydrogen-bond acceptors (Lipinski definition) is 4. The molecule has 1 aliphatic heterocycles. The molecule has 0 amide bonds. The van der Waals surface area contributed by atoms with Gasteiger partial charge < -0.3 is 10.6 Å². The summed E-state index contributed by atoms with van der Waals surface area (Å²) in [5.74, 6) is 0.578. The van der Waals surface area contributed by atoms with Gasteiger partial charge in [-0.05, 0) is 18.6 Å². The predicted molar refractivity (Wildman–Crippen MR) is 75.7 cm³/mol. The summed E-state index contributed by atoms with van der Waals surface area (Å²) in [4.78, 5) is 8.80. The van der Waals surface area contributed by atoms with Crippen LogP contribution in [0.5, 0.6) is 0 Å². The van der Waals surface area contributed by atoms with Crippen LogP contribution in [0.1, 0.15) is 19.8 Å². The summed E-state index contributed by atoms with van der Waals surface area (Å²) < 4.78 is 12.8. The van der Waals surface area contributed by atoms with Gasteiger partial charge in [0.05, 0.1) is 6.20 Å². The quantitative estimate of drug-likeness (QED) is 0.876. The number of anilines is 1. The van der Waals surface area contributed by atoms with Gasteiger partial charge in [-0.15, -0.1) is 0 Å². The van der Waals surface area contributed by atoms with Gasteiger partial charge in [-0.3, -0.25) is 4.90 Å². The highest BCUT2D eigenvalue weighted by Crippen LogP contribution is 2.16. The van der Waals surface area contributed by atoms with Crippen LogP contribution in [0.15, 0.2) is 18.3 Å². The van der Waals surface area contributed by atoms with Gasteiger partial charge in [-0.2, -0.15) is 0 Å². The van der Waals surface area contributed by atoms with E-state index < -0.39 is 0 Å². The average molecular weight is 266 g/mol. The first kappa shape index (κ1) is 14.2. The molecular formula is C14H23FN4. The van der Waals surface area contributed by atoms with E-state index in [0.29, 0.717) is 6.04 Å². The second kappa shape index (κ2) is 6.82. The molecule has 2 heterocycles. The van der Waals surface area contributed by atoms with Gasteiger partial charge in [-0.1, -0.05) is 13.3 Å². The monoisotopic (exact) mass is 266 g/mol. The fourth-order valence-corrected chi connectivity index (χ4v) is 2.65. The first-order valence-corrected chi connectivity index (χ1v) is 7.05. The molecule has 1 aliphatic rings. The Labute approximate surface area is 114 Å². The Morgan fingerprint density at radius 3 is 2.58 bits per heavy atom. The third kappa shape index (κ3) is 3.64. The number of halogens is 1. The first-order chi connectivity index (χ1) is 9.24. The standard InChI is InChI=1S/C14H23FN4/c1-2-3-13(10-16)18-6-8-19(9-7-18)14-5-4-12(15)11-17-14/h4-5,11,13H,2-3,6-10,16H2,1H3. The predicted octanol–water partition coefficient (Wildman–Crippen LogP) is 1.47. The Kier molecular flexibility index (Phi) is 5.10. The molecule has 1 aromatic rings. The summed E-state index contributed by atoms with van der Waals surface area (Å²) in [6.45, 7) is 6.78. The zero-order valence-corrected chi connectivity index (χ0v) is 11.6. The van der Waals surface area contributed by atoms with E-state index in [0.717, 1.165) is 45.0 Å². The summed E-state index contributed by atoms with van der Waals surface area (Å²) in [5, 5.41) is 0. The lowest BCUT2D eigenvalue weighted by atomic mass is 10.1. The molecular weight excluding hydrogens is 243 g/mol. The van der Waals surface area contributed by atoms with Crippen LogP contribution in [-0.4, -0.2) is 48.6 Å². The molecule has 1 atom stereocenters. The number of pyridine rings is 1. The molecule has 5 heteroatoms. The van der Waals surface area contributed by atoms with E-state index in [1.165, 1.54) is 18.7 Å². The van der Waals surface area contributed by atoms with Gasteiger partial charge in [-0.25, -0.2) is 9.37 Å². The summed E-state index contributed by atoms with van der Waals surface area (Å²) in [6.07, 6.45) is 3.61. The highest BCUT2D eigenvalue weighted by atomic mass is 19.1. The second-order valence-electron chi connectivity index (χ2n) is 5.04. The molecule has 4 nitrogen and oxygen atoms in total. The van der Waals surface area contributed by atoms with Gasteiger partial charge >= 0.3 is 0 Å². The minimum absolute atomic E-state index is 0.284. The zero-order chi connectivity index (χ0) is 13.7. The van der Waals surface area contributed by atoms with Crippen molar-refractivity contribution >= 4 is 5.82 Å². The van der Waals surface area contributed by atoms with E-state index in [1.807, 2.05) is 0 Å². The third-order valence-electron chi connectivity index (χ3n) is 3.76. The first-order valence-electron chi connectivity index (χ1n) is 7.05. The van der Waals surface area contributed by atoms with Crippen molar-refractivity contribution in [2.24, 2.45) is 5.73 Å². The van der Waals surface area contributed by atoms with E-state index in [9.17, 15) is 4.39 Å². The SMILES string of the molecule is CCCC(CN)N1CCN(c2ccc(F)cn2)CC1. The van der Waals surface area contributed by atoms with Crippen molar-refractivity contribution in [3.8, 4) is 0 Å². The molecule has 1 saturated heterocycles. The lowest BCUT2D eigenvalue weighted by Gasteiger charge is -2.39. The maximum absolute atomic E-state index is 12.8. The smallest absolute Gasteiger partial charge is 0.141 e. The highest BCUT2D eigenvalue weighted by Gasteiger charge is 2.22. The molecule has 0 aliphatic carbocycles. The van der Waals surface area contributed by atoms with E-state index in [1.54, 1.807) is 6.07 Å². The van der Waals surface area contributed by atoms with Crippen LogP contribution in [0.25, 0.3) is 0 Å². The van der Waals surface area contributed by atoms with Gasteiger partial charge in [0.2, 0.25) is 0 Å². The molecule has 2 N–H and O–H groups in total. The van der Waals surface area contributed by atoms with Crippen LogP contribution < -0.4 is 10.6 Å². The summed E-state index contributed by atoms with van der Waals surface area (Å²) in [5.41, 5.74) is 5.84. The summed E-state index contributed by atoms with van der Waals surface area (Å²) in [7, 11) is 0. The van der Waals surface area contributed by atoms with Crippen LogP contribution >= 0.6 is 0 Å². The van der Waals surface area contributed by atoms with Crippen molar-refractivity contribution in [3.05, 3.63) is 24.1 Å². The van der Waals surface area contributed by atoms with Gasteiger partial charge in [0.25, 0.3) is 0 Å². The van der Waals surface area contributed by atoms with Crippen molar-refractivity contribution in [2.75, 3.05) is 37.6 Å². The molecule has 1 unspecified atom stereocenters. The van der Waals surface area contributed by atoms with Crippen molar-refractivity contribution in [1.82, 2.24) is 9.88 Å². The minimum atomic E-state index is -0.284. The Hall–Kier alpha value is -1.20. The number of hydrogen-bond donors (Lipinski definition) is 1. The van der Waals surface area contributed by atoms with E-state index >= 15 is 0 Å². The highest BCUT2D eigenvalue weighted by molar-refractivity contribution is 5.38. The number of piperazine rings is 1. The van der Waals surface area contributed by atoms with Crippen LogP contribution in [0, 0.1) is 5.82 Å². The normalized spacial score (nSPS) is 18.6. The molecule has 1 aromatic heterocycles. The van der Waals surface area contributed by atoms with Crippen molar-refractivity contribution in [2.45, 2.75) is 25.8 Å². The largest absolute Gasteiger partial charge is 0.354 e. The Bertz CT molecular complexity index is 374. The fourth-order valence-electron chi connectivity index (χ4n) is 2.65. The lowest BCUT2D eigenvalue weighted by molar-refractivity contribution is 0.179. The second-order valence-corrected chi connectivity index (χ2v) is 5.04. The molecule has 0 aromatic carbocycles. The van der Waals surface area contributed by atoms with E-state index in [2.05, 4.69) is 21.7 Å². The van der Waals surface area contributed by atoms with Crippen molar-refractivity contribution in [3.63, 3.8) is 0 Å². The van der Waals surface area contributed by atoms with E-state index in [-0.39, 0.29) is 5.82 Å². The van der Waals surface area contributed by atoms with Crippen LogP contribution in [0.3, 0.4) is 0 Å². The summed E-state index contributed by atoms with van der Waals surface area (Å²) in [6, 6.07) is 3.71. The molecule has 106 valence electrons. The molecule has 19 heavy (non-hydrogen) atoms. The topological polar surface area (TPSA) is 45.4 Å². The molecule has 0 saturated carbocycles. The molecule has 0 radical (unpaired) electrons. The van der Waals surface area contributed by atoms with Crippen molar-refractivity contribution in [1.29, 1.82) is 0 Å². The van der Waals surface area contributed by atoms with Crippen LogP contribution in [0.4, 0.5) is 10.2 Å². The molecule has 0 bridgehead atoms. The van der Waals surface area contributed by atoms with Gasteiger partial charge in [0, 0.05) is 38.8 Å². The fraction of sp³-hybridized carbons (Fsp3) is 0.643. The number of aromatic nitrogens is 1. The molecule has 1 fully saturated rings. The third-order valence-corrected chi connectivity index (χ3v) is 3.76. The van der Waals surface area contributed by atoms with Gasteiger partial charge in [0.15, 0.2) is 0 Å². The molecule has 0 spiro atoms. The summed E-state index contributed by atoms with van der Waals surface area (Å²) >= 11 is 0. The van der Waals surface area contributed by atoms with Gasteiger partial charge in [0.1, 0.15) is 11.6 Å². The Balaban J connectivity index is 1.89. The van der Waals surface area contributed by atoms with E-state index in [4.69, 9.17) is 5.73 Å². The number of nitrogens with two attached hydrogens (primary N) is 1. The lowest BCUT2D eigenvalue weighted by Crippen LogP contribution is -2.52. The maximum Gasteiger partial charge on any atom is 0.141 e. The minimum Gasteiger partial charge on any atom is -0.354 e. The average Bonchev–Trinajstić information content (AvgIpc) is 2.46. The van der Waals surface area contributed by atoms with Crippen molar-refractivity contribution < 1.29 is 4.39 Å². The molecule has 2 rings (SSSR count). The van der Waals surface area contributed by atoms with Crippen LogP contribution in [0.2, 0.25) is 0 Å².